The summed E-state index contributed by atoms with van der Waals surface area (Å²) >= 11 is 0. The molecule has 2 unspecified atom stereocenters. The van der Waals surface area contributed by atoms with Crippen molar-refractivity contribution in [1.29, 1.82) is 0 Å². The van der Waals surface area contributed by atoms with Gasteiger partial charge in [0.2, 0.25) is 0 Å². The quantitative estimate of drug-likeness (QED) is 0.893. The molecule has 0 saturated carbocycles. The average Bonchev–Trinajstić information content (AvgIpc) is 2.62. The molecule has 3 heterocycles. The zero-order valence-electron chi connectivity index (χ0n) is 12.9. The van der Waals surface area contributed by atoms with E-state index in [1.807, 2.05) is 0 Å². The van der Waals surface area contributed by atoms with E-state index in [1.54, 1.807) is 0 Å². The summed E-state index contributed by atoms with van der Waals surface area (Å²) < 4.78 is 0. The fourth-order valence-corrected chi connectivity index (χ4v) is 3.90. The van der Waals surface area contributed by atoms with Crippen LogP contribution in [0.2, 0.25) is 0 Å². The Balaban J connectivity index is 1.93. The Kier molecular flexibility index (Phi) is 3.69. The number of nitrogens with zero attached hydrogens (tertiary/aromatic N) is 3. The van der Waals surface area contributed by atoms with E-state index in [1.165, 1.54) is 30.5 Å². The van der Waals surface area contributed by atoms with Crippen molar-refractivity contribution in [2.45, 2.75) is 51.7 Å². The number of aryl methyl sites for hydroxylation is 2. The van der Waals surface area contributed by atoms with Gasteiger partial charge >= 0.3 is 0 Å². The van der Waals surface area contributed by atoms with E-state index in [9.17, 15) is 0 Å². The second-order valence-electron chi connectivity index (χ2n) is 6.34. The predicted octanol–water partition coefficient (Wildman–Crippen LogP) is 1.83. The second-order valence-corrected chi connectivity index (χ2v) is 6.34. The van der Waals surface area contributed by atoms with Crippen LogP contribution in [-0.4, -0.2) is 42.1 Å². The Bertz CT molecular complexity index is 499. The summed E-state index contributed by atoms with van der Waals surface area (Å²) in [6.07, 6.45) is 3.96. The molecule has 2 atom stereocenters. The number of anilines is 1. The van der Waals surface area contributed by atoms with Crippen molar-refractivity contribution in [3.05, 3.63) is 23.0 Å². The van der Waals surface area contributed by atoms with Crippen molar-refractivity contribution < 1.29 is 0 Å². The lowest BCUT2D eigenvalue weighted by Gasteiger charge is -2.30. The summed E-state index contributed by atoms with van der Waals surface area (Å²) in [7, 11) is 2.29. The van der Waals surface area contributed by atoms with Gasteiger partial charge in [0.25, 0.3) is 0 Å². The summed E-state index contributed by atoms with van der Waals surface area (Å²) in [6, 6.07) is 3.69. The number of fused-ring (bicyclic) bond motifs is 2. The molecule has 0 aromatic carbocycles. The van der Waals surface area contributed by atoms with E-state index in [0.717, 1.165) is 30.5 Å². The summed E-state index contributed by atoms with van der Waals surface area (Å²) in [5, 5.41) is 0. The number of nitrogens with two attached hydrogens (primary N) is 1. The first kappa shape index (κ1) is 13.8. The van der Waals surface area contributed by atoms with Crippen LogP contribution in [0.25, 0.3) is 0 Å². The normalized spacial score (nSPS) is 26.9. The fourth-order valence-electron chi connectivity index (χ4n) is 3.90. The Labute approximate surface area is 122 Å². The maximum Gasteiger partial charge on any atom is 0.0448 e. The summed E-state index contributed by atoms with van der Waals surface area (Å²) in [6.45, 7) is 7.00. The van der Waals surface area contributed by atoms with Crippen molar-refractivity contribution in [2.24, 2.45) is 5.73 Å². The van der Waals surface area contributed by atoms with Gasteiger partial charge in [-0.05, 0) is 46.2 Å². The molecule has 4 heteroatoms. The van der Waals surface area contributed by atoms with Crippen molar-refractivity contribution >= 4 is 5.69 Å². The van der Waals surface area contributed by atoms with Crippen molar-refractivity contribution in [3.8, 4) is 0 Å². The van der Waals surface area contributed by atoms with Gasteiger partial charge in [-0.1, -0.05) is 0 Å². The minimum Gasteiger partial charge on any atom is -0.370 e. The minimum atomic E-state index is 0.578. The first-order valence-corrected chi connectivity index (χ1v) is 7.74. The van der Waals surface area contributed by atoms with E-state index in [0.29, 0.717) is 12.6 Å². The number of hydrogen-bond acceptors (Lipinski definition) is 4. The number of hydrogen-bond donors (Lipinski definition) is 1. The Morgan fingerprint density at radius 2 is 2.00 bits per heavy atom. The van der Waals surface area contributed by atoms with Crippen LogP contribution in [-0.2, 0) is 6.54 Å². The molecule has 110 valence electrons. The minimum absolute atomic E-state index is 0.578. The van der Waals surface area contributed by atoms with Gasteiger partial charge in [-0.15, -0.1) is 0 Å². The third kappa shape index (κ3) is 2.31. The molecule has 0 radical (unpaired) electrons. The molecular weight excluding hydrogens is 248 g/mol. The molecule has 2 fully saturated rings. The van der Waals surface area contributed by atoms with Gasteiger partial charge in [-0.25, -0.2) is 0 Å². The molecule has 0 aliphatic carbocycles. The topological polar surface area (TPSA) is 45.4 Å². The molecule has 2 saturated heterocycles. The highest BCUT2D eigenvalue weighted by Crippen LogP contribution is 2.32. The van der Waals surface area contributed by atoms with Crippen LogP contribution in [0.3, 0.4) is 0 Å². The van der Waals surface area contributed by atoms with Gasteiger partial charge in [-0.2, -0.15) is 0 Å². The Hall–Kier alpha value is -1.13. The number of rotatable bonds is 2. The molecule has 2 aliphatic rings. The number of likely N-dealkylation sites (N-methyl/N-ethyl adjacent to an activating group) is 1. The van der Waals surface area contributed by atoms with E-state index in [-0.39, 0.29) is 0 Å². The molecule has 1 aromatic heterocycles. The van der Waals surface area contributed by atoms with Crippen molar-refractivity contribution in [3.63, 3.8) is 0 Å². The van der Waals surface area contributed by atoms with Gasteiger partial charge in [0.1, 0.15) is 0 Å². The maximum atomic E-state index is 5.97. The highest BCUT2D eigenvalue weighted by molar-refractivity contribution is 5.56. The predicted molar refractivity (Wildman–Crippen MR) is 83.0 cm³/mol. The average molecular weight is 274 g/mol. The highest BCUT2D eigenvalue weighted by Gasteiger charge is 2.35. The monoisotopic (exact) mass is 274 g/mol. The lowest BCUT2D eigenvalue weighted by Crippen LogP contribution is -2.37. The van der Waals surface area contributed by atoms with Crippen LogP contribution in [0.1, 0.15) is 36.2 Å². The smallest absolute Gasteiger partial charge is 0.0448 e. The molecule has 0 amide bonds. The molecule has 3 rings (SSSR count). The van der Waals surface area contributed by atoms with E-state index in [2.05, 4.69) is 41.7 Å². The zero-order valence-corrected chi connectivity index (χ0v) is 12.9. The van der Waals surface area contributed by atoms with Crippen LogP contribution in [0.15, 0.2) is 6.07 Å². The molecule has 2 bridgehead atoms. The summed E-state index contributed by atoms with van der Waals surface area (Å²) in [5.74, 6) is 0. The maximum absolute atomic E-state index is 5.97. The Morgan fingerprint density at radius 3 is 2.75 bits per heavy atom. The SMILES string of the molecule is Cc1cc(N2CCC3CCC(C2)N3C)c(CN)c(C)n1. The van der Waals surface area contributed by atoms with Crippen LogP contribution in [0, 0.1) is 13.8 Å². The molecule has 1 aromatic rings. The molecule has 2 aliphatic heterocycles. The largest absolute Gasteiger partial charge is 0.370 e. The number of pyridine rings is 1. The van der Waals surface area contributed by atoms with Crippen LogP contribution in [0.5, 0.6) is 0 Å². The van der Waals surface area contributed by atoms with Crippen LogP contribution >= 0.6 is 0 Å². The van der Waals surface area contributed by atoms with E-state index in [4.69, 9.17) is 5.73 Å². The van der Waals surface area contributed by atoms with Crippen LogP contribution < -0.4 is 10.6 Å². The van der Waals surface area contributed by atoms with Crippen molar-refractivity contribution in [1.82, 2.24) is 9.88 Å². The van der Waals surface area contributed by atoms with Crippen LogP contribution in [0.4, 0.5) is 5.69 Å². The molecule has 4 nitrogen and oxygen atoms in total. The van der Waals surface area contributed by atoms with E-state index < -0.39 is 0 Å². The Morgan fingerprint density at radius 1 is 1.25 bits per heavy atom. The first-order chi connectivity index (χ1) is 9.60. The lowest BCUT2D eigenvalue weighted by molar-refractivity contribution is 0.254. The van der Waals surface area contributed by atoms with Gasteiger partial charge < -0.3 is 10.6 Å². The lowest BCUT2D eigenvalue weighted by atomic mass is 10.1. The molecule has 20 heavy (non-hydrogen) atoms. The highest BCUT2D eigenvalue weighted by atomic mass is 15.3. The third-order valence-corrected chi connectivity index (χ3v) is 5.13. The molecule has 0 spiro atoms. The third-order valence-electron chi connectivity index (χ3n) is 5.13. The molecular formula is C16H26N4. The van der Waals surface area contributed by atoms with Crippen molar-refractivity contribution in [2.75, 3.05) is 25.0 Å². The van der Waals surface area contributed by atoms with E-state index >= 15 is 0 Å². The van der Waals surface area contributed by atoms with Gasteiger partial charge in [0.15, 0.2) is 0 Å². The van der Waals surface area contributed by atoms with Gasteiger partial charge in [0.05, 0.1) is 0 Å². The molecule has 2 N–H and O–H groups in total. The number of aromatic nitrogens is 1. The van der Waals surface area contributed by atoms with Gasteiger partial charge in [-0.3, -0.25) is 9.88 Å². The van der Waals surface area contributed by atoms with Gasteiger partial charge in [0, 0.05) is 54.4 Å². The zero-order chi connectivity index (χ0) is 14.3. The fraction of sp³-hybridized carbons (Fsp3) is 0.688. The first-order valence-electron chi connectivity index (χ1n) is 7.74. The summed E-state index contributed by atoms with van der Waals surface area (Å²) in [4.78, 5) is 9.70. The second kappa shape index (κ2) is 5.34. The summed E-state index contributed by atoms with van der Waals surface area (Å²) in [5.41, 5.74) is 10.7. The standard InChI is InChI=1S/C16H26N4/c1-11-8-16(15(9-17)12(2)18-11)20-7-6-13-4-5-14(10-20)19(13)3/h8,13-14H,4-7,9-10,17H2,1-3H3.